The number of hydrogen-bond acceptors (Lipinski definition) is 1. The first-order valence-corrected chi connectivity index (χ1v) is 15.3. The van der Waals surface area contributed by atoms with Crippen molar-refractivity contribution in [2.24, 2.45) is 0 Å². The molecule has 0 aromatic heterocycles. The fraction of sp³-hybridized carbons (Fsp3) is 1.00. The molecule has 0 amide bonds. The van der Waals surface area contributed by atoms with Crippen molar-refractivity contribution < 1.29 is 0 Å². The topological polar surface area (TPSA) is 3.24 Å². The van der Waals surface area contributed by atoms with Gasteiger partial charge in [0.05, 0.1) is 0 Å². The predicted molar refractivity (Wildman–Crippen MR) is 149 cm³/mol. The van der Waals surface area contributed by atoms with Crippen molar-refractivity contribution in [1.29, 1.82) is 0 Å². The predicted octanol–water partition coefficient (Wildman–Crippen LogP) is 11.1. The fourth-order valence-corrected chi connectivity index (χ4v) is 5.09. The maximum Gasteiger partial charge on any atom is 0.0153 e. The second kappa shape index (κ2) is 24.1. The van der Waals surface area contributed by atoms with Crippen LogP contribution in [0.15, 0.2) is 0 Å². The van der Waals surface area contributed by atoms with Gasteiger partial charge < -0.3 is 0 Å². The van der Waals surface area contributed by atoms with Crippen LogP contribution >= 0.6 is 0 Å². The molecule has 194 valence electrons. The Labute approximate surface area is 205 Å². The molecule has 0 saturated carbocycles. The molecular weight excluding hydrogens is 386 g/mol. The van der Waals surface area contributed by atoms with Crippen molar-refractivity contribution >= 4 is 0 Å². The third-order valence-electron chi connectivity index (χ3n) is 7.56. The molecule has 0 radical (unpaired) electrons. The van der Waals surface area contributed by atoms with E-state index in [4.69, 9.17) is 0 Å². The Morgan fingerprint density at radius 2 is 0.656 bits per heavy atom. The van der Waals surface area contributed by atoms with Crippen LogP contribution in [0.3, 0.4) is 0 Å². The van der Waals surface area contributed by atoms with E-state index >= 15 is 0 Å². The van der Waals surface area contributed by atoms with Gasteiger partial charge in [0.2, 0.25) is 0 Å². The Kier molecular flexibility index (Phi) is 24.1. The lowest BCUT2D eigenvalue weighted by atomic mass is 9.93. The van der Waals surface area contributed by atoms with Crippen molar-refractivity contribution in [2.75, 3.05) is 13.1 Å². The molecule has 0 aliphatic heterocycles. The molecule has 0 aliphatic carbocycles. The quantitative estimate of drug-likeness (QED) is 0.118. The van der Waals surface area contributed by atoms with Crippen LogP contribution in [0.5, 0.6) is 0 Å². The smallest absolute Gasteiger partial charge is 0.0153 e. The molecule has 0 aromatic rings. The molecule has 0 aliphatic rings. The van der Waals surface area contributed by atoms with Crippen LogP contribution in [0.2, 0.25) is 0 Å². The molecule has 0 heterocycles. The minimum Gasteiger partial charge on any atom is -0.298 e. The van der Waals surface area contributed by atoms with Gasteiger partial charge in [-0.1, -0.05) is 149 Å². The summed E-state index contributed by atoms with van der Waals surface area (Å²) in [5.74, 6) is 0. The van der Waals surface area contributed by atoms with E-state index in [1.54, 1.807) is 0 Å². The van der Waals surface area contributed by atoms with Crippen molar-refractivity contribution in [2.45, 2.75) is 188 Å². The van der Waals surface area contributed by atoms with Gasteiger partial charge in [-0.05, 0) is 46.2 Å². The number of nitrogens with zero attached hydrogens (tertiary/aromatic N) is 1. The Morgan fingerprint density at radius 1 is 0.375 bits per heavy atom. The molecule has 0 saturated heterocycles. The molecule has 32 heavy (non-hydrogen) atoms. The normalized spacial score (nSPS) is 12.2. The number of hydrogen-bond donors (Lipinski definition) is 0. The third kappa shape index (κ3) is 20.6. The van der Waals surface area contributed by atoms with Gasteiger partial charge >= 0.3 is 0 Å². The van der Waals surface area contributed by atoms with E-state index in [1.807, 2.05) is 0 Å². The van der Waals surface area contributed by atoms with Crippen LogP contribution in [0.25, 0.3) is 0 Å². The first-order valence-electron chi connectivity index (χ1n) is 15.3. The summed E-state index contributed by atoms with van der Waals surface area (Å²) in [6, 6.07) is 0. The van der Waals surface area contributed by atoms with E-state index < -0.39 is 0 Å². The van der Waals surface area contributed by atoms with E-state index in [0.29, 0.717) is 5.54 Å². The van der Waals surface area contributed by atoms with Gasteiger partial charge in [-0.3, -0.25) is 4.90 Å². The molecule has 0 N–H and O–H groups in total. The summed E-state index contributed by atoms with van der Waals surface area (Å²) >= 11 is 0. The molecule has 1 nitrogen and oxygen atoms in total. The summed E-state index contributed by atoms with van der Waals surface area (Å²) < 4.78 is 0. The van der Waals surface area contributed by atoms with Gasteiger partial charge in [-0.25, -0.2) is 0 Å². The van der Waals surface area contributed by atoms with Crippen LogP contribution in [-0.4, -0.2) is 23.5 Å². The zero-order valence-corrected chi connectivity index (χ0v) is 23.6. The Balaban J connectivity index is 4.14. The van der Waals surface area contributed by atoms with Crippen LogP contribution in [0.1, 0.15) is 182 Å². The summed E-state index contributed by atoms with van der Waals surface area (Å²) in [6.07, 6.45) is 32.8. The highest BCUT2D eigenvalue weighted by Crippen LogP contribution is 2.24. The third-order valence-corrected chi connectivity index (χ3v) is 7.56. The molecule has 0 spiro atoms. The fourth-order valence-electron chi connectivity index (χ4n) is 5.09. The van der Waals surface area contributed by atoms with Crippen LogP contribution in [0, 0.1) is 0 Å². The average molecular weight is 452 g/mol. The molecule has 0 fully saturated rings. The first-order chi connectivity index (χ1) is 15.6. The van der Waals surface area contributed by atoms with Gasteiger partial charge in [0.15, 0.2) is 0 Å². The Morgan fingerprint density at radius 3 is 1.00 bits per heavy atom. The second-order valence-electron chi connectivity index (χ2n) is 11.3. The lowest BCUT2D eigenvalue weighted by molar-refractivity contribution is 0.102. The highest BCUT2D eigenvalue weighted by Gasteiger charge is 2.25. The molecule has 0 atom stereocenters. The molecular formula is C31H65N. The van der Waals surface area contributed by atoms with E-state index in [2.05, 4.69) is 39.5 Å². The average Bonchev–Trinajstić information content (AvgIpc) is 2.78. The van der Waals surface area contributed by atoms with Crippen molar-refractivity contribution in [3.05, 3.63) is 0 Å². The summed E-state index contributed by atoms with van der Waals surface area (Å²) in [5.41, 5.74) is 0.383. The summed E-state index contributed by atoms with van der Waals surface area (Å²) in [6.45, 7) is 14.7. The zero-order chi connectivity index (χ0) is 23.8. The second-order valence-corrected chi connectivity index (χ2v) is 11.3. The zero-order valence-electron chi connectivity index (χ0n) is 23.6. The summed E-state index contributed by atoms with van der Waals surface area (Å²) in [5, 5.41) is 0. The van der Waals surface area contributed by atoms with Crippen molar-refractivity contribution in [1.82, 2.24) is 4.90 Å². The minimum absolute atomic E-state index is 0.383. The lowest BCUT2D eigenvalue weighted by Gasteiger charge is -2.39. The van der Waals surface area contributed by atoms with E-state index in [-0.39, 0.29) is 0 Å². The Hall–Kier alpha value is -0.0400. The molecule has 1 heteroatoms. The number of unbranched alkanes of at least 4 members (excludes halogenated alkanes) is 19. The highest BCUT2D eigenvalue weighted by atomic mass is 15.2. The van der Waals surface area contributed by atoms with Gasteiger partial charge in [-0.2, -0.15) is 0 Å². The van der Waals surface area contributed by atoms with E-state index in [9.17, 15) is 0 Å². The van der Waals surface area contributed by atoms with Crippen molar-refractivity contribution in [3.63, 3.8) is 0 Å². The SMILES string of the molecule is CCCCCCCCCCCN(CCCCCCCCCCC)C(C)(C)CCCCCC. The standard InChI is InChI=1S/C31H65N/c1-6-9-12-15-17-19-21-23-26-29-32(31(4,5)28-25-14-11-8-3)30-27-24-22-20-18-16-13-10-7-2/h6-30H2,1-5H3. The summed E-state index contributed by atoms with van der Waals surface area (Å²) in [4.78, 5) is 2.88. The van der Waals surface area contributed by atoms with E-state index in [1.165, 1.54) is 161 Å². The van der Waals surface area contributed by atoms with Gasteiger partial charge in [0.1, 0.15) is 0 Å². The molecule has 0 aromatic carbocycles. The molecule has 0 bridgehead atoms. The summed E-state index contributed by atoms with van der Waals surface area (Å²) in [7, 11) is 0. The van der Waals surface area contributed by atoms with Gasteiger partial charge in [-0.15, -0.1) is 0 Å². The highest BCUT2D eigenvalue weighted by molar-refractivity contribution is 4.81. The van der Waals surface area contributed by atoms with Gasteiger partial charge in [0.25, 0.3) is 0 Å². The van der Waals surface area contributed by atoms with Crippen LogP contribution in [0.4, 0.5) is 0 Å². The molecule has 0 rings (SSSR count). The van der Waals surface area contributed by atoms with Crippen molar-refractivity contribution in [3.8, 4) is 0 Å². The Bertz CT molecular complexity index is 326. The van der Waals surface area contributed by atoms with Crippen LogP contribution < -0.4 is 0 Å². The number of rotatable bonds is 26. The molecule has 0 unspecified atom stereocenters. The lowest BCUT2D eigenvalue weighted by Crippen LogP contribution is -2.45. The van der Waals surface area contributed by atoms with E-state index in [0.717, 1.165) is 0 Å². The largest absolute Gasteiger partial charge is 0.298 e. The van der Waals surface area contributed by atoms with Gasteiger partial charge in [0, 0.05) is 5.54 Å². The van der Waals surface area contributed by atoms with Crippen LogP contribution in [-0.2, 0) is 0 Å². The minimum atomic E-state index is 0.383. The first kappa shape index (κ1) is 32.0. The maximum atomic E-state index is 2.88. The monoisotopic (exact) mass is 452 g/mol. The maximum absolute atomic E-state index is 2.88.